The van der Waals surface area contributed by atoms with Crippen LogP contribution >= 0.6 is 11.3 Å². The van der Waals surface area contributed by atoms with Gasteiger partial charge in [-0.15, -0.1) is 11.3 Å². The Labute approximate surface area is 122 Å². The van der Waals surface area contributed by atoms with Crippen LogP contribution in [0.3, 0.4) is 0 Å². The number of aryl methyl sites for hydroxylation is 1. The Balaban J connectivity index is 1.88. The zero-order valence-corrected chi connectivity index (χ0v) is 12.3. The second-order valence-corrected chi connectivity index (χ2v) is 5.87. The molecule has 1 heterocycles. The quantitative estimate of drug-likeness (QED) is 0.810. The first-order valence-corrected chi connectivity index (χ1v) is 7.23. The molecular formula is C15H18N2O2S. The molecule has 0 radical (unpaired) electrons. The van der Waals surface area contributed by atoms with Gasteiger partial charge in [0.05, 0.1) is 6.54 Å². The molecule has 1 atom stereocenters. The van der Waals surface area contributed by atoms with Gasteiger partial charge >= 0.3 is 6.03 Å². The first kappa shape index (κ1) is 14.6. The fourth-order valence-corrected chi connectivity index (χ4v) is 2.52. The third-order valence-electron chi connectivity index (χ3n) is 2.95. The molecule has 0 aliphatic carbocycles. The Morgan fingerprint density at radius 3 is 2.60 bits per heavy atom. The summed E-state index contributed by atoms with van der Waals surface area (Å²) in [5.41, 5.74) is 0.805. The van der Waals surface area contributed by atoms with E-state index in [9.17, 15) is 9.90 Å². The number of rotatable bonds is 4. The maximum absolute atomic E-state index is 11.8. The maximum atomic E-state index is 11.8. The highest BCUT2D eigenvalue weighted by Gasteiger charge is 2.24. The van der Waals surface area contributed by atoms with Crippen LogP contribution in [0.4, 0.5) is 10.5 Å². The summed E-state index contributed by atoms with van der Waals surface area (Å²) in [5, 5.41) is 17.6. The molecule has 2 rings (SSSR count). The molecule has 4 nitrogen and oxygen atoms in total. The second-order valence-electron chi connectivity index (χ2n) is 4.92. The molecule has 0 fully saturated rings. The van der Waals surface area contributed by atoms with Crippen LogP contribution in [-0.4, -0.2) is 17.7 Å². The van der Waals surface area contributed by atoms with Crippen molar-refractivity contribution in [2.24, 2.45) is 0 Å². The van der Waals surface area contributed by atoms with Crippen molar-refractivity contribution in [1.82, 2.24) is 5.32 Å². The Kier molecular flexibility index (Phi) is 4.42. The van der Waals surface area contributed by atoms with E-state index < -0.39 is 5.60 Å². The van der Waals surface area contributed by atoms with Crippen molar-refractivity contribution in [1.29, 1.82) is 0 Å². The zero-order valence-electron chi connectivity index (χ0n) is 11.5. The molecule has 0 aliphatic rings. The minimum Gasteiger partial charge on any atom is -0.383 e. The summed E-state index contributed by atoms with van der Waals surface area (Å²) in [6.07, 6.45) is 0. The summed E-state index contributed by atoms with van der Waals surface area (Å²) in [4.78, 5) is 12.6. The fraction of sp³-hybridized carbons (Fsp3) is 0.267. The van der Waals surface area contributed by atoms with Gasteiger partial charge in [0.15, 0.2) is 0 Å². The van der Waals surface area contributed by atoms with Crippen LogP contribution < -0.4 is 10.6 Å². The Hall–Kier alpha value is -1.85. The Bertz CT molecular complexity index is 562. The van der Waals surface area contributed by atoms with Gasteiger partial charge in [-0.3, -0.25) is 0 Å². The number of nitrogens with one attached hydrogen (secondary N) is 2. The normalized spacial score (nSPS) is 13.6. The van der Waals surface area contributed by atoms with Gasteiger partial charge in [0.25, 0.3) is 0 Å². The lowest BCUT2D eigenvalue weighted by Crippen LogP contribution is -2.40. The monoisotopic (exact) mass is 290 g/mol. The van der Waals surface area contributed by atoms with Gasteiger partial charge in [0.1, 0.15) is 5.60 Å². The van der Waals surface area contributed by atoms with Gasteiger partial charge in [-0.1, -0.05) is 23.8 Å². The second kappa shape index (κ2) is 6.07. The third-order valence-corrected chi connectivity index (χ3v) is 4.08. The van der Waals surface area contributed by atoms with E-state index in [1.54, 1.807) is 6.92 Å². The van der Waals surface area contributed by atoms with Crippen LogP contribution in [0.1, 0.15) is 17.4 Å². The Morgan fingerprint density at radius 1 is 1.30 bits per heavy atom. The molecule has 5 heteroatoms. The zero-order chi connectivity index (χ0) is 14.6. The van der Waals surface area contributed by atoms with Gasteiger partial charge in [0, 0.05) is 10.6 Å². The van der Waals surface area contributed by atoms with Crippen LogP contribution in [0.15, 0.2) is 41.8 Å². The molecule has 3 N–H and O–H groups in total. The molecular weight excluding hydrogens is 272 g/mol. The standard InChI is InChI=1S/C15H18N2O2S/c1-11-5-7-12(8-6-11)17-14(18)16-10-15(2,19)13-4-3-9-20-13/h3-9,19H,10H2,1-2H3,(H2,16,17,18). The van der Waals surface area contributed by atoms with Crippen molar-refractivity contribution >= 4 is 23.1 Å². The molecule has 0 bridgehead atoms. The molecule has 0 saturated heterocycles. The van der Waals surface area contributed by atoms with Crippen molar-refractivity contribution in [3.8, 4) is 0 Å². The summed E-state index contributed by atoms with van der Waals surface area (Å²) in [6, 6.07) is 10.9. The minimum atomic E-state index is -1.06. The topological polar surface area (TPSA) is 61.4 Å². The van der Waals surface area contributed by atoms with Crippen molar-refractivity contribution in [3.05, 3.63) is 52.2 Å². The van der Waals surface area contributed by atoms with E-state index in [1.165, 1.54) is 11.3 Å². The molecule has 0 aliphatic heterocycles. The molecule has 0 saturated carbocycles. The number of amides is 2. The number of anilines is 1. The van der Waals surface area contributed by atoms with Crippen LogP contribution in [0.2, 0.25) is 0 Å². The molecule has 1 aromatic heterocycles. The van der Waals surface area contributed by atoms with Crippen molar-refractivity contribution in [2.45, 2.75) is 19.4 Å². The van der Waals surface area contributed by atoms with E-state index in [1.807, 2.05) is 48.7 Å². The SMILES string of the molecule is Cc1ccc(NC(=O)NCC(C)(O)c2cccs2)cc1. The Morgan fingerprint density at radius 2 is 2.00 bits per heavy atom. The van der Waals surface area contributed by atoms with Gasteiger partial charge in [-0.25, -0.2) is 4.79 Å². The average molecular weight is 290 g/mol. The summed E-state index contributed by atoms with van der Waals surface area (Å²) in [5.74, 6) is 0. The molecule has 106 valence electrons. The number of hydrogen-bond acceptors (Lipinski definition) is 3. The molecule has 20 heavy (non-hydrogen) atoms. The average Bonchev–Trinajstić information content (AvgIpc) is 2.94. The lowest BCUT2D eigenvalue weighted by molar-refractivity contribution is 0.0637. The number of benzene rings is 1. The smallest absolute Gasteiger partial charge is 0.319 e. The van der Waals surface area contributed by atoms with Crippen LogP contribution in [0.25, 0.3) is 0 Å². The largest absolute Gasteiger partial charge is 0.383 e. The highest BCUT2D eigenvalue weighted by atomic mass is 32.1. The summed E-state index contributed by atoms with van der Waals surface area (Å²) >= 11 is 1.47. The van der Waals surface area contributed by atoms with Crippen molar-refractivity contribution < 1.29 is 9.90 Å². The first-order valence-electron chi connectivity index (χ1n) is 6.35. The fourth-order valence-electron chi connectivity index (χ4n) is 1.74. The molecule has 1 unspecified atom stereocenters. The molecule has 2 amide bonds. The summed E-state index contributed by atoms with van der Waals surface area (Å²) in [7, 11) is 0. The highest BCUT2D eigenvalue weighted by Crippen LogP contribution is 2.24. The van der Waals surface area contributed by atoms with E-state index >= 15 is 0 Å². The van der Waals surface area contributed by atoms with Crippen LogP contribution in [-0.2, 0) is 5.60 Å². The van der Waals surface area contributed by atoms with E-state index in [4.69, 9.17) is 0 Å². The summed E-state index contributed by atoms with van der Waals surface area (Å²) < 4.78 is 0. The number of carbonyl (C=O) groups excluding carboxylic acids is 1. The minimum absolute atomic E-state index is 0.158. The van der Waals surface area contributed by atoms with Gasteiger partial charge < -0.3 is 15.7 Å². The molecule has 2 aromatic rings. The molecule has 0 spiro atoms. The number of thiophene rings is 1. The van der Waals surface area contributed by atoms with Crippen LogP contribution in [0, 0.1) is 6.92 Å². The van der Waals surface area contributed by atoms with E-state index in [0.29, 0.717) is 0 Å². The number of aliphatic hydroxyl groups is 1. The molecule has 1 aromatic carbocycles. The van der Waals surface area contributed by atoms with Crippen LogP contribution in [0.5, 0.6) is 0 Å². The van der Waals surface area contributed by atoms with Gasteiger partial charge in [-0.2, -0.15) is 0 Å². The number of hydrogen-bond donors (Lipinski definition) is 3. The van der Waals surface area contributed by atoms with E-state index in [0.717, 1.165) is 16.1 Å². The van der Waals surface area contributed by atoms with Gasteiger partial charge in [0.2, 0.25) is 0 Å². The van der Waals surface area contributed by atoms with Crippen molar-refractivity contribution in [3.63, 3.8) is 0 Å². The third kappa shape index (κ3) is 3.82. The first-order chi connectivity index (χ1) is 9.47. The maximum Gasteiger partial charge on any atom is 0.319 e. The summed E-state index contributed by atoms with van der Waals surface area (Å²) in [6.45, 7) is 3.83. The lowest BCUT2D eigenvalue weighted by Gasteiger charge is -2.22. The van der Waals surface area contributed by atoms with Crippen molar-refractivity contribution in [2.75, 3.05) is 11.9 Å². The number of carbonyl (C=O) groups is 1. The van der Waals surface area contributed by atoms with E-state index in [2.05, 4.69) is 10.6 Å². The highest BCUT2D eigenvalue weighted by molar-refractivity contribution is 7.10. The van der Waals surface area contributed by atoms with Gasteiger partial charge in [-0.05, 0) is 37.4 Å². The predicted octanol–water partition coefficient (Wildman–Crippen LogP) is 3.09. The predicted molar refractivity (Wildman–Crippen MR) is 82.1 cm³/mol. The van der Waals surface area contributed by atoms with E-state index in [-0.39, 0.29) is 12.6 Å². The lowest BCUT2D eigenvalue weighted by atomic mass is 10.1. The number of urea groups is 1.